The number of hydrogen-bond donors (Lipinski definition) is 16. The molecule has 5 aliphatic heterocycles. The van der Waals surface area contributed by atoms with E-state index in [0.717, 1.165) is 6.42 Å². The van der Waals surface area contributed by atoms with E-state index < -0.39 is 211 Å². The lowest BCUT2D eigenvalue weighted by atomic mass is 9.35. The third-order valence-corrected chi connectivity index (χ3v) is 23.5. The number of carbonyl (C=O) groups excluding carboxylic acids is 1. The fourth-order valence-corrected chi connectivity index (χ4v) is 18.6. The molecule has 16 N–H and O–H groups in total. The minimum Gasteiger partial charge on any atom is -0.432 e. The van der Waals surface area contributed by atoms with Gasteiger partial charge in [-0.25, -0.2) is 0 Å². The van der Waals surface area contributed by atoms with Crippen LogP contribution in [0.25, 0.3) is 0 Å². The summed E-state index contributed by atoms with van der Waals surface area (Å²) < 4.78 is 59.5. The predicted molar refractivity (Wildman–Crippen MR) is 285 cm³/mol. The molecule has 0 amide bonds. The molecule has 27 nitrogen and oxygen atoms in total. The zero-order chi connectivity index (χ0) is 62.2. The fraction of sp³-hybridized carbons (Fsp3) is 0.983. The van der Waals surface area contributed by atoms with Gasteiger partial charge in [0, 0.05) is 5.41 Å². The molecule has 5 heterocycles. The van der Waals surface area contributed by atoms with Crippen molar-refractivity contribution in [1.82, 2.24) is 0 Å². The minimum absolute atomic E-state index is 0.0540. The molecule has 10 rings (SSSR count). The number of aliphatic hydroxyl groups is 16. The number of hydrogen-bond acceptors (Lipinski definition) is 27. The highest BCUT2D eigenvalue weighted by Gasteiger charge is 2.77. The lowest BCUT2D eigenvalue weighted by molar-refractivity contribution is -0.366. The molecule has 0 radical (unpaired) electrons. The third-order valence-electron chi connectivity index (χ3n) is 23.5. The smallest absolute Gasteiger partial charge is 0.314 e. The lowest BCUT2D eigenvalue weighted by Crippen LogP contribution is -2.66. The molecule has 10 fully saturated rings. The van der Waals surface area contributed by atoms with E-state index in [1.165, 1.54) is 13.8 Å². The molecule has 5 aliphatic carbocycles. The van der Waals surface area contributed by atoms with Crippen LogP contribution in [0, 0.1) is 56.7 Å². The van der Waals surface area contributed by atoms with Gasteiger partial charge >= 0.3 is 5.97 Å². The van der Waals surface area contributed by atoms with Crippen molar-refractivity contribution in [2.24, 2.45) is 56.7 Å². The van der Waals surface area contributed by atoms with Crippen molar-refractivity contribution in [2.75, 3.05) is 26.4 Å². The van der Waals surface area contributed by atoms with E-state index in [9.17, 15) is 81.7 Å². The monoisotopic (exact) mass is 1220 g/mol. The van der Waals surface area contributed by atoms with Gasteiger partial charge in [0.15, 0.2) is 25.2 Å². The van der Waals surface area contributed by atoms with Crippen LogP contribution in [0.15, 0.2) is 0 Å². The van der Waals surface area contributed by atoms with Gasteiger partial charge in [-0.05, 0) is 131 Å². The molecule has 35 atom stereocenters. The Labute approximate surface area is 493 Å². The normalized spacial score (nSPS) is 56.4. The first-order valence-corrected chi connectivity index (χ1v) is 30.6. The summed E-state index contributed by atoms with van der Waals surface area (Å²) in [5.41, 5.74) is -4.70. The first-order valence-electron chi connectivity index (χ1n) is 30.6. The molecule has 27 heteroatoms. The second-order valence-corrected chi connectivity index (χ2v) is 28.4. The van der Waals surface area contributed by atoms with Crippen LogP contribution in [0.4, 0.5) is 0 Å². The van der Waals surface area contributed by atoms with E-state index in [1.54, 1.807) is 13.8 Å². The lowest BCUT2D eigenvalue weighted by Gasteiger charge is -2.70. The topological polar surface area (TPSA) is 433 Å². The zero-order valence-corrected chi connectivity index (χ0v) is 49.7. The number of carbonyl (C=O) groups is 1. The molecule has 0 aromatic carbocycles. The summed E-state index contributed by atoms with van der Waals surface area (Å²) in [6.45, 7) is 13.1. The molecule has 490 valence electrons. The first-order chi connectivity index (χ1) is 39.7. The van der Waals surface area contributed by atoms with E-state index in [4.69, 9.17) is 47.4 Å². The van der Waals surface area contributed by atoms with Gasteiger partial charge in [0.25, 0.3) is 0 Å². The standard InChI is InChI=1S/C58H96O27/c1-22-33(62)37(66)41(70)48(78-22)83-45-27(17-59)80-47(44(73)40(45)69)77-19-28-36(65)39(68)43(72)50(81-28)85-52(74)58-16-11-24(53(3,4)75)32(58)25-9-10-30-54(5)14-13-31(55(6,21-60)29(54)12-15-56(30,7)57(25,8)20-58)82-51-46(35(64)26(61)18-76-51)84-49-42(71)38(67)34(63)23(2)79-49/h22-51,59-73,75H,9-21H2,1-8H3. The van der Waals surface area contributed by atoms with Gasteiger partial charge in [-0.15, -0.1) is 0 Å². The van der Waals surface area contributed by atoms with Crippen LogP contribution in [0.5, 0.6) is 0 Å². The Bertz CT molecular complexity index is 2320. The summed E-state index contributed by atoms with van der Waals surface area (Å²) in [6.07, 6.45) is -33.8. The zero-order valence-electron chi connectivity index (χ0n) is 49.7. The van der Waals surface area contributed by atoms with Crippen molar-refractivity contribution >= 4 is 5.97 Å². The average molecular weight is 1230 g/mol. The highest BCUT2D eigenvalue weighted by Crippen LogP contribution is 2.80. The Morgan fingerprint density at radius 3 is 1.73 bits per heavy atom. The molecule has 0 spiro atoms. The highest BCUT2D eigenvalue weighted by atomic mass is 16.8. The van der Waals surface area contributed by atoms with Gasteiger partial charge in [0.05, 0.1) is 55.8 Å². The third kappa shape index (κ3) is 10.9. The number of ether oxygens (including phenoxy) is 10. The Hall–Kier alpha value is -1.53. The number of aliphatic hydroxyl groups excluding tert-OH is 15. The Kier molecular flexibility index (Phi) is 18.9. The second-order valence-electron chi connectivity index (χ2n) is 28.4. The van der Waals surface area contributed by atoms with Crippen LogP contribution < -0.4 is 0 Å². The van der Waals surface area contributed by atoms with E-state index >= 15 is 4.79 Å². The van der Waals surface area contributed by atoms with Crippen LogP contribution in [0.1, 0.15) is 113 Å². The summed E-state index contributed by atoms with van der Waals surface area (Å²) in [5, 5.41) is 175. The van der Waals surface area contributed by atoms with Crippen LogP contribution in [0.2, 0.25) is 0 Å². The molecule has 0 aromatic rings. The second kappa shape index (κ2) is 24.2. The van der Waals surface area contributed by atoms with E-state index in [2.05, 4.69) is 20.8 Å². The van der Waals surface area contributed by atoms with Gasteiger partial charge in [-0.2, -0.15) is 0 Å². The van der Waals surface area contributed by atoms with Crippen molar-refractivity contribution in [1.29, 1.82) is 0 Å². The van der Waals surface area contributed by atoms with Crippen LogP contribution in [-0.4, -0.2) is 273 Å². The van der Waals surface area contributed by atoms with Crippen molar-refractivity contribution in [3.05, 3.63) is 0 Å². The molecular formula is C58H96O27. The molecule has 10 aliphatic rings. The minimum atomic E-state index is -1.95. The van der Waals surface area contributed by atoms with Gasteiger partial charge in [0.2, 0.25) is 6.29 Å². The van der Waals surface area contributed by atoms with Crippen molar-refractivity contribution in [2.45, 2.75) is 272 Å². The van der Waals surface area contributed by atoms with Crippen LogP contribution in [0.3, 0.4) is 0 Å². The quantitative estimate of drug-likeness (QED) is 0.0584. The highest BCUT2D eigenvalue weighted by molar-refractivity contribution is 5.79. The Balaban J connectivity index is 0.844. The van der Waals surface area contributed by atoms with Crippen LogP contribution >= 0.6 is 0 Å². The molecule has 5 saturated carbocycles. The van der Waals surface area contributed by atoms with Crippen LogP contribution in [-0.2, 0) is 52.2 Å². The summed E-state index contributed by atoms with van der Waals surface area (Å²) in [7, 11) is 0. The van der Waals surface area contributed by atoms with E-state index in [1.807, 2.05) is 6.92 Å². The molecule has 85 heavy (non-hydrogen) atoms. The van der Waals surface area contributed by atoms with Crippen molar-refractivity contribution < 1.29 is 134 Å². The maximum atomic E-state index is 15.5. The molecule has 35 unspecified atom stereocenters. The van der Waals surface area contributed by atoms with Gasteiger partial charge < -0.3 is 129 Å². The molecule has 0 bridgehead atoms. The SMILES string of the molecule is CC1OC(OC2C(CO)OC(OCC3OC(OC(=O)C45CCC(C(C)(C)O)C4C4CCC6C7(C)CCC(OC8OCC(O)C(O)C8OC8OC(C)C(O)C(O)C8O)C(C)(CO)C7CCC6(C)C4(C)C5)C(O)C(O)C3O)C(O)C2O)C(O)C(O)C1O. The Morgan fingerprint density at radius 2 is 1.13 bits per heavy atom. The van der Waals surface area contributed by atoms with Crippen molar-refractivity contribution in [3.8, 4) is 0 Å². The fourth-order valence-electron chi connectivity index (χ4n) is 18.6. The van der Waals surface area contributed by atoms with Crippen molar-refractivity contribution in [3.63, 3.8) is 0 Å². The van der Waals surface area contributed by atoms with Gasteiger partial charge in [-0.3, -0.25) is 4.79 Å². The maximum Gasteiger partial charge on any atom is 0.314 e. The molecule has 0 aromatic heterocycles. The van der Waals surface area contributed by atoms with Gasteiger partial charge in [0.1, 0.15) is 104 Å². The maximum absolute atomic E-state index is 15.5. The number of rotatable bonds is 14. The summed E-state index contributed by atoms with van der Waals surface area (Å²) >= 11 is 0. The average Bonchev–Trinajstić information content (AvgIpc) is 1.61. The summed E-state index contributed by atoms with van der Waals surface area (Å²) in [4.78, 5) is 15.5. The summed E-state index contributed by atoms with van der Waals surface area (Å²) in [5.74, 6) is -1.62. The number of fused-ring (bicyclic) bond motifs is 7. The predicted octanol–water partition coefficient (Wildman–Crippen LogP) is -3.88. The largest absolute Gasteiger partial charge is 0.432 e. The summed E-state index contributed by atoms with van der Waals surface area (Å²) in [6, 6.07) is 0. The molecule has 5 saturated heterocycles. The van der Waals surface area contributed by atoms with Gasteiger partial charge in [-0.1, -0.05) is 27.7 Å². The Morgan fingerprint density at radius 1 is 0.553 bits per heavy atom. The van der Waals surface area contributed by atoms with E-state index in [-0.39, 0.29) is 36.9 Å². The molecular weight excluding hydrogens is 1130 g/mol. The number of esters is 1. The van der Waals surface area contributed by atoms with E-state index in [0.29, 0.717) is 51.4 Å². The first kappa shape index (κ1) is 66.4.